The Balaban J connectivity index is 1.51. The summed E-state index contributed by atoms with van der Waals surface area (Å²) in [5, 5.41) is 0. The molecule has 2 aromatic carbocycles. The average molecular weight is 556 g/mol. The van der Waals surface area contributed by atoms with Crippen LogP contribution in [0.15, 0.2) is 92.4 Å². The van der Waals surface area contributed by atoms with E-state index in [1.54, 1.807) is 50.4 Å². The van der Waals surface area contributed by atoms with Crippen LogP contribution in [0.5, 0.6) is 5.75 Å². The number of amides is 1. The molecule has 2 aromatic heterocycles. The standard InChI is InChI=1S/C29H21N3O7S/c1-15-21(28(36)37-3)23(16-10-12-17(13-11-16)39-27(35)20-9-6-14-38-20)32-26(34)24(40-29(32)30-15)22-18-7-4-5-8-19(18)31(2)25(22)33/h4-14,23H,1-3H3/b24-22-/t23-/m1/s1. The molecule has 0 spiro atoms. The van der Waals surface area contributed by atoms with Crippen LogP contribution < -0.4 is 24.5 Å². The maximum absolute atomic E-state index is 14.0. The zero-order valence-electron chi connectivity index (χ0n) is 21.5. The number of thiazole rings is 1. The van der Waals surface area contributed by atoms with Crippen LogP contribution in [0.2, 0.25) is 0 Å². The quantitative estimate of drug-likeness (QED) is 0.280. The van der Waals surface area contributed by atoms with E-state index in [9.17, 15) is 19.2 Å². The molecule has 0 bridgehead atoms. The molecule has 6 rings (SSSR count). The minimum absolute atomic E-state index is 0.0534. The third-order valence-electron chi connectivity index (χ3n) is 6.81. The van der Waals surface area contributed by atoms with Crippen molar-refractivity contribution in [2.75, 3.05) is 19.1 Å². The van der Waals surface area contributed by atoms with Gasteiger partial charge in [-0.2, -0.15) is 0 Å². The summed E-state index contributed by atoms with van der Waals surface area (Å²) in [6, 6.07) is 15.9. The van der Waals surface area contributed by atoms with Gasteiger partial charge in [-0.25, -0.2) is 14.6 Å². The molecule has 0 fully saturated rings. The number of furan rings is 1. The smallest absolute Gasteiger partial charge is 0.379 e. The number of hydrogen-bond acceptors (Lipinski definition) is 9. The maximum Gasteiger partial charge on any atom is 0.379 e. The summed E-state index contributed by atoms with van der Waals surface area (Å²) in [5.74, 6) is -1.30. The number of nitrogens with zero attached hydrogens (tertiary/aromatic N) is 3. The zero-order valence-corrected chi connectivity index (χ0v) is 22.4. The maximum atomic E-state index is 14.0. The number of ether oxygens (including phenoxy) is 2. The molecule has 40 heavy (non-hydrogen) atoms. The van der Waals surface area contributed by atoms with Crippen LogP contribution in [0.3, 0.4) is 0 Å². The van der Waals surface area contributed by atoms with E-state index in [1.807, 2.05) is 18.2 Å². The van der Waals surface area contributed by atoms with Crippen LogP contribution in [-0.2, 0) is 14.3 Å². The molecule has 4 heterocycles. The van der Waals surface area contributed by atoms with Gasteiger partial charge in [0.25, 0.3) is 11.5 Å². The molecule has 0 radical (unpaired) electrons. The zero-order chi connectivity index (χ0) is 28.1. The van der Waals surface area contributed by atoms with E-state index in [2.05, 4.69) is 4.99 Å². The predicted octanol–water partition coefficient (Wildman–Crippen LogP) is 2.57. The van der Waals surface area contributed by atoms with Gasteiger partial charge in [-0.1, -0.05) is 41.7 Å². The fourth-order valence-corrected chi connectivity index (χ4v) is 6.05. The van der Waals surface area contributed by atoms with Gasteiger partial charge < -0.3 is 18.8 Å². The first kappa shape index (κ1) is 25.3. The van der Waals surface area contributed by atoms with Gasteiger partial charge in [0.05, 0.1) is 41.9 Å². The van der Waals surface area contributed by atoms with Gasteiger partial charge in [-0.15, -0.1) is 0 Å². The van der Waals surface area contributed by atoms with Crippen molar-refractivity contribution in [3.8, 4) is 5.75 Å². The Hall–Kier alpha value is -5.03. The topological polar surface area (TPSA) is 120 Å². The molecule has 1 amide bonds. The summed E-state index contributed by atoms with van der Waals surface area (Å²) in [4.78, 5) is 58.9. The van der Waals surface area contributed by atoms with Gasteiger partial charge in [-0.05, 0) is 42.8 Å². The fourth-order valence-electron chi connectivity index (χ4n) is 4.92. The Morgan fingerprint density at radius 3 is 2.45 bits per heavy atom. The number of para-hydroxylation sites is 1. The SMILES string of the molecule is COC(=O)C1=C(C)N=c2s/c(=C3\C(=O)N(C)c4ccccc43)c(=O)n2[C@@H]1c1ccc(OC(=O)c2ccco2)cc1. The summed E-state index contributed by atoms with van der Waals surface area (Å²) in [6.07, 6.45) is 1.37. The molecule has 2 aliphatic rings. The molecule has 0 saturated carbocycles. The molecule has 11 heteroatoms. The van der Waals surface area contributed by atoms with Crippen molar-refractivity contribution in [2.24, 2.45) is 4.99 Å². The molecule has 2 aliphatic heterocycles. The van der Waals surface area contributed by atoms with E-state index in [0.717, 1.165) is 11.3 Å². The molecule has 200 valence electrons. The van der Waals surface area contributed by atoms with Crippen LogP contribution in [0.1, 0.15) is 34.6 Å². The number of aromatic nitrogens is 1. The van der Waals surface area contributed by atoms with E-state index in [0.29, 0.717) is 32.9 Å². The highest BCUT2D eigenvalue weighted by molar-refractivity contribution is 7.07. The second-order valence-corrected chi connectivity index (χ2v) is 10.1. The molecule has 0 aliphatic carbocycles. The molecule has 0 unspecified atom stereocenters. The van der Waals surface area contributed by atoms with Gasteiger partial charge in [0.2, 0.25) is 5.76 Å². The van der Waals surface area contributed by atoms with Crippen molar-refractivity contribution in [3.63, 3.8) is 0 Å². The van der Waals surface area contributed by atoms with Crippen molar-refractivity contribution >= 4 is 40.4 Å². The van der Waals surface area contributed by atoms with E-state index < -0.39 is 23.5 Å². The highest BCUT2D eigenvalue weighted by Crippen LogP contribution is 2.35. The predicted molar refractivity (Wildman–Crippen MR) is 145 cm³/mol. The number of carbonyl (C=O) groups excluding carboxylic acids is 3. The van der Waals surface area contributed by atoms with Crippen molar-refractivity contribution < 1.29 is 28.3 Å². The Kier molecular flexibility index (Phi) is 6.07. The first-order valence-electron chi connectivity index (χ1n) is 12.2. The van der Waals surface area contributed by atoms with Crippen molar-refractivity contribution in [3.05, 3.63) is 115 Å². The molecule has 1 atom stereocenters. The number of hydrogen-bond donors (Lipinski definition) is 0. The molecule has 0 N–H and O–H groups in total. The number of carbonyl (C=O) groups is 3. The van der Waals surface area contributed by atoms with E-state index in [1.165, 1.54) is 28.9 Å². The minimum atomic E-state index is -0.891. The van der Waals surface area contributed by atoms with Crippen LogP contribution in [-0.4, -0.2) is 36.6 Å². The summed E-state index contributed by atoms with van der Waals surface area (Å²) in [5.41, 5.74) is 2.32. The monoisotopic (exact) mass is 555 g/mol. The molecule has 4 aromatic rings. The fraction of sp³-hybridized carbons (Fsp3) is 0.138. The average Bonchev–Trinajstić information content (AvgIpc) is 3.67. The van der Waals surface area contributed by atoms with Crippen LogP contribution in [0.4, 0.5) is 5.69 Å². The summed E-state index contributed by atoms with van der Waals surface area (Å²) < 4.78 is 17.1. The number of allylic oxidation sites excluding steroid dienone is 1. The molecule has 10 nitrogen and oxygen atoms in total. The lowest BCUT2D eigenvalue weighted by atomic mass is 9.96. The Bertz CT molecular complexity index is 1910. The van der Waals surface area contributed by atoms with Gasteiger partial charge in [0, 0.05) is 12.6 Å². The number of methoxy groups -OCH3 is 1. The number of anilines is 1. The second-order valence-electron chi connectivity index (χ2n) is 9.09. The Morgan fingerprint density at radius 2 is 1.75 bits per heavy atom. The van der Waals surface area contributed by atoms with Crippen LogP contribution >= 0.6 is 11.3 Å². The second kappa shape index (κ2) is 9.62. The minimum Gasteiger partial charge on any atom is -0.466 e. The lowest BCUT2D eigenvalue weighted by molar-refractivity contribution is -0.136. The third kappa shape index (κ3) is 3.90. The van der Waals surface area contributed by atoms with E-state index in [4.69, 9.17) is 13.9 Å². The Labute approximate surface area is 230 Å². The Morgan fingerprint density at radius 1 is 1.00 bits per heavy atom. The van der Waals surface area contributed by atoms with E-state index in [-0.39, 0.29) is 27.5 Å². The summed E-state index contributed by atoms with van der Waals surface area (Å²) in [6.45, 7) is 1.67. The van der Waals surface area contributed by atoms with Crippen LogP contribution in [0, 0.1) is 0 Å². The first-order valence-corrected chi connectivity index (χ1v) is 13.0. The number of likely N-dealkylation sites (N-methyl/N-ethyl adjacent to an activating group) is 1. The van der Waals surface area contributed by atoms with Crippen molar-refractivity contribution in [1.82, 2.24) is 4.57 Å². The van der Waals surface area contributed by atoms with Crippen LogP contribution in [0.25, 0.3) is 5.57 Å². The van der Waals surface area contributed by atoms with Crippen molar-refractivity contribution in [1.29, 1.82) is 0 Å². The molecular weight excluding hydrogens is 534 g/mol. The van der Waals surface area contributed by atoms with E-state index >= 15 is 0 Å². The normalized spacial score (nSPS) is 17.3. The van der Waals surface area contributed by atoms with Crippen molar-refractivity contribution in [2.45, 2.75) is 13.0 Å². The highest BCUT2D eigenvalue weighted by atomic mass is 32.1. The largest absolute Gasteiger partial charge is 0.466 e. The summed E-state index contributed by atoms with van der Waals surface area (Å²) >= 11 is 1.10. The van der Waals surface area contributed by atoms with Gasteiger partial charge in [0.1, 0.15) is 10.3 Å². The number of fused-ring (bicyclic) bond motifs is 2. The van der Waals surface area contributed by atoms with Gasteiger partial charge >= 0.3 is 11.9 Å². The number of benzene rings is 2. The lowest BCUT2D eigenvalue weighted by Crippen LogP contribution is -2.40. The molecular formula is C29H21N3O7S. The molecule has 0 saturated heterocycles. The summed E-state index contributed by atoms with van der Waals surface area (Å²) in [7, 11) is 2.92. The van der Waals surface area contributed by atoms with Gasteiger partial charge in [-0.3, -0.25) is 14.2 Å². The van der Waals surface area contributed by atoms with Gasteiger partial charge in [0.15, 0.2) is 4.80 Å². The number of rotatable bonds is 4. The third-order valence-corrected chi connectivity index (χ3v) is 7.87. The first-order chi connectivity index (χ1) is 19.3. The highest BCUT2D eigenvalue weighted by Gasteiger charge is 2.36. The lowest BCUT2D eigenvalue weighted by Gasteiger charge is -2.24. The number of esters is 2.